The first-order valence-electron chi connectivity index (χ1n) is 17.3. The highest BCUT2D eigenvalue weighted by Crippen LogP contribution is 2.41. The SMILES string of the molecule is Cc1ncc(COc2nn(C3CCC([C@@]4(C)CNC[C@@H](C)O4)CC3)cc2Nc2ncc(-c3ccc(C#N)c(OC(C)Cn4cnnn4)c3)cn2)s1. The second kappa shape index (κ2) is 15.1. The largest absolute Gasteiger partial charge is 0.487 e. The van der Waals surface area contributed by atoms with E-state index in [9.17, 15) is 5.26 Å². The van der Waals surface area contributed by atoms with Crippen LogP contribution in [0.15, 0.2) is 49.3 Å². The molecule has 0 spiro atoms. The van der Waals surface area contributed by atoms with Gasteiger partial charge in [-0.05, 0) is 87.4 Å². The number of morpholine rings is 1. The molecule has 266 valence electrons. The average Bonchev–Trinajstić information content (AvgIpc) is 3.89. The highest BCUT2D eigenvalue weighted by molar-refractivity contribution is 7.11. The van der Waals surface area contributed by atoms with Crippen LogP contribution in [0.1, 0.15) is 67.9 Å². The van der Waals surface area contributed by atoms with Crippen LogP contribution in [0.5, 0.6) is 11.6 Å². The monoisotopic (exact) mass is 710 g/mol. The van der Waals surface area contributed by atoms with Gasteiger partial charge in [-0.15, -0.1) is 21.5 Å². The van der Waals surface area contributed by atoms with Crippen LogP contribution in [-0.2, 0) is 17.9 Å². The lowest BCUT2D eigenvalue weighted by molar-refractivity contribution is -0.138. The summed E-state index contributed by atoms with van der Waals surface area (Å²) < 4.78 is 22.4. The molecular formula is C35H42N12O3S. The van der Waals surface area contributed by atoms with E-state index >= 15 is 0 Å². The summed E-state index contributed by atoms with van der Waals surface area (Å²) >= 11 is 1.60. The summed E-state index contributed by atoms with van der Waals surface area (Å²) in [7, 11) is 0. The van der Waals surface area contributed by atoms with E-state index < -0.39 is 0 Å². The number of benzene rings is 1. The van der Waals surface area contributed by atoms with Crippen molar-refractivity contribution in [1.82, 2.24) is 50.3 Å². The number of aryl methyl sites for hydroxylation is 1. The van der Waals surface area contributed by atoms with Crippen molar-refractivity contribution in [2.45, 2.75) is 90.4 Å². The molecule has 1 aromatic carbocycles. The van der Waals surface area contributed by atoms with E-state index in [1.165, 1.54) is 6.33 Å². The lowest BCUT2D eigenvalue weighted by atomic mass is 9.75. The van der Waals surface area contributed by atoms with Crippen molar-refractivity contribution in [1.29, 1.82) is 5.26 Å². The third-order valence-corrected chi connectivity index (χ3v) is 10.4. The van der Waals surface area contributed by atoms with E-state index in [0.29, 0.717) is 47.9 Å². The zero-order valence-corrected chi connectivity index (χ0v) is 30.0. The van der Waals surface area contributed by atoms with Gasteiger partial charge in [0.2, 0.25) is 5.95 Å². The number of hydrogen-bond donors (Lipinski definition) is 2. The van der Waals surface area contributed by atoms with Crippen molar-refractivity contribution in [3.63, 3.8) is 0 Å². The molecule has 1 unspecified atom stereocenters. The zero-order chi connectivity index (χ0) is 35.4. The van der Waals surface area contributed by atoms with Crippen LogP contribution in [0, 0.1) is 24.2 Å². The smallest absolute Gasteiger partial charge is 0.257 e. The highest BCUT2D eigenvalue weighted by Gasteiger charge is 2.41. The van der Waals surface area contributed by atoms with Crippen molar-refractivity contribution in [3.05, 3.63) is 64.8 Å². The third kappa shape index (κ3) is 8.16. The van der Waals surface area contributed by atoms with E-state index in [-0.39, 0.29) is 23.9 Å². The van der Waals surface area contributed by atoms with E-state index in [0.717, 1.165) is 59.8 Å². The first-order valence-corrected chi connectivity index (χ1v) is 18.1. The number of anilines is 2. The molecule has 7 rings (SSSR count). The molecule has 2 N–H and O–H groups in total. The summed E-state index contributed by atoms with van der Waals surface area (Å²) in [6.45, 7) is 10.9. The topological polar surface area (TPSA) is 176 Å². The number of tetrazole rings is 1. The van der Waals surface area contributed by atoms with Crippen LogP contribution >= 0.6 is 11.3 Å². The van der Waals surface area contributed by atoms with E-state index in [1.807, 2.05) is 43.1 Å². The Morgan fingerprint density at radius 2 is 1.98 bits per heavy atom. The quantitative estimate of drug-likeness (QED) is 0.172. The van der Waals surface area contributed by atoms with Gasteiger partial charge in [-0.3, -0.25) is 4.68 Å². The Bertz CT molecular complexity index is 1950. The minimum atomic E-state index is -0.276. The summed E-state index contributed by atoms with van der Waals surface area (Å²) in [6, 6.07) is 7.86. The molecular weight excluding hydrogens is 669 g/mol. The fourth-order valence-electron chi connectivity index (χ4n) is 6.96. The van der Waals surface area contributed by atoms with Gasteiger partial charge in [0, 0.05) is 37.2 Å². The number of thiazole rings is 1. The Hall–Kier alpha value is -4.98. The van der Waals surface area contributed by atoms with Crippen LogP contribution < -0.4 is 20.1 Å². The van der Waals surface area contributed by atoms with Crippen molar-refractivity contribution < 1.29 is 14.2 Å². The summed E-state index contributed by atoms with van der Waals surface area (Å²) in [5, 5.41) is 33.7. The van der Waals surface area contributed by atoms with Crippen LogP contribution in [0.4, 0.5) is 11.6 Å². The van der Waals surface area contributed by atoms with Crippen LogP contribution in [-0.4, -0.2) is 75.8 Å². The van der Waals surface area contributed by atoms with Crippen LogP contribution in [0.25, 0.3) is 11.1 Å². The molecule has 15 nitrogen and oxygen atoms in total. The van der Waals surface area contributed by atoms with Crippen molar-refractivity contribution >= 4 is 23.0 Å². The maximum Gasteiger partial charge on any atom is 0.257 e. The molecule has 2 aliphatic rings. The maximum absolute atomic E-state index is 9.69. The molecule has 3 atom stereocenters. The minimum Gasteiger partial charge on any atom is -0.487 e. The number of nitrogens with one attached hydrogen (secondary N) is 2. The molecule has 1 aliphatic heterocycles. The second-order valence-electron chi connectivity index (χ2n) is 13.5. The molecule has 4 aromatic heterocycles. The molecule has 0 amide bonds. The number of nitriles is 1. The standard InChI is InChI=1S/C35H42N12O3S/c1-22-13-37-20-35(4,50-22)28-7-9-29(10-8-28)47-18-31(33(43-47)48-19-30-16-38-24(3)51-30)42-34-39-14-27(15-40-34)25-5-6-26(12-36)32(11-25)49-23(2)17-46-21-41-44-45-46/h5-6,11,14-16,18,21-23,28-29,37H,7-10,13,17,19-20H2,1-4H3,(H,39,40,42)/t22-,23?,28?,29?,35-/m1/s1. The van der Waals surface area contributed by atoms with Crippen LogP contribution in [0.3, 0.4) is 0 Å². The Labute approximate surface area is 300 Å². The zero-order valence-electron chi connectivity index (χ0n) is 29.2. The highest BCUT2D eigenvalue weighted by atomic mass is 32.1. The summed E-state index contributed by atoms with van der Waals surface area (Å²) in [5.74, 6) is 1.85. The lowest BCUT2D eigenvalue weighted by Crippen LogP contribution is -2.55. The first kappa shape index (κ1) is 34.5. The van der Waals surface area contributed by atoms with Gasteiger partial charge in [0.25, 0.3) is 5.88 Å². The summed E-state index contributed by atoms with van der Waals surface area (Å²) in [4.78, 5) is 14.6. The van der Waals surface area contributed by atoms with E-state index in [1.54, 1.807) is 34.5 Å². The molecule has 5 aromatic rings. The van der Waals surface area contributed by atoms with Gasteiger partial charge < -0.3 is 24.8 Å². The Balaban J connectivity index is 1.06. The normalized spacial score (nSPS) is 22.6. The summed E-state index contributed by atoms with van der Waals surface area (Å²) in [6.07, 6.45) is 12.9. The number of hydrogen-bond acceptors (Lipinski definition) is 14. The molecule has 1 saturated heterocycles. The molecule has 51 heavy (non-hydrogen) atoms. The number of rotatable bonds is 12. The fraction of sp³-hybridized carbons (Fsp3) is 0.486. The molecule has 16 heteroatoms. The number of aromatic nitrogens is 9. The number of nitrogens with zero attached hydrogens (tertiary/aromatic N) is 10. The van der Waals surface area contributed by atoms with Gasteiger partial charge in [-0.25, -0.2) is 19.6 Å². The predicted octanol–water partition coefficient (Wildman–Crippen LogP) is 5.25. The minimum absolute atomic E-state index is 0.147. The Morgan fingerprint density at radius 1 is 1.16 bits per heavy atom. The molecule has 1 saturated carbocycles. The molecule has 0 bridgehead atoms. The third-order valence-electron chi connectivity index (χ3n) is 9.53. The first-order chi connectivity index (χ1) is 24.7. The molecule has 2 fully saturated rings. The molecule has 5 heterocycles. The fourth-order valence-corrected chi connectivity index (χ4v) is 7.67. The number of ether oxygens (including phenoxy) is 3. The van der Waals surface area contributed by atoms with E-state index in [2.05, 4.69) is 61.0 Å². The molecule has 1 aliphatic carbocycles. The average molecular weight is 711 g/mol. The second-order valence-corrected chi connectivity index (χ2v) is 14.9. The van der Waals surface area contributed by atoms with Gasteiger partial charge in [-0.1, -0.05) is 6.07 Å². The van der Waals surface area contributed by atoms with Gasteiger partial charge in [0.15, 0.2) is 0 Å². The van der Waals surface area contributed by atoms with Gasteiger partial charge in [0.05, 0.1) is 45.9 Å². The van der Waals surface area contributed by atoms with Gasteiger partial charge >= 0.3 is 0 Å². The van der Waals surface area contributed by atoms with E-state index in [4.69, 9.17) is 19.3 Å². The Kier molecular flexibility index (Phi) is 10.2. The van der Waals surface area contributed by atoms with Crippen molar-refractivity contribution in [2.75, 3.05) is 18.4 Å². The van der Waals surface area contributed by atoms with Crippen LogP contribution in [0.2, 0.25) is 0 Å². The summed E-state index contributed by atoms with van der Waals surface area (Å²) in [5.41, 5.74) is 2.56. The predicted molar refractivity (Wildman–Crippen MR) is 190 cm³/mol. The lowest BCUT2D eigenvalue weighted by Gasteiger charge is -2.46. The van der Waals surface area contributed by atoms with Gasteiger partial charge in [-0.2, -0.15) is 5.26 Å². The Morgan fingerprint density at radius 3 is 2.69 bits per heavy atom. The maximum atomic E-state index is 9.69. The van der Waals surface area contributed by atoms with Crippen molar-refractivity contribution in [3.8, 4) is 28.8 Å². The molecule has 0 radical (unpaired) electrons. The van der Waals surface area contributed by atoms with Gasteiger partial charge in [0.1, 0.15) is 36.5 Å². The van der Waals surface area contributed by atoms with Crippen molar-refractivity contribution in [2.24, 2.45) is 5.92 Å².